The van der Waals surface area contributed by atoms with E-state index >= 15 is 0 Å². The van der Waals surface area contributed by atoms with Crippen molar-refractivity contribution >= 4 is 0 Å². The van der Waals surface area contributed by atoms with E-state index in [1.54, 1.807) is 0 Å². The van der Waals surface area contributed by atoms with E-state index in [-0.39, 0.29) is 31.4 Å². The van der Waals surface area contributed by atoms with E-state index in [9.17, 15) is 15.3 Å². The Bertz CT molecular complexity index is 347. The maximum atomic E-state index is 9.44. The zero-order valence-corrected chi connectivity index (χ0v) is 10.4. The molecule has 1 saturated carbocycles. The molecule has 4 nitrogen and oxygen atoms in total. The van der Waals surface area contributed by atoms with E-state index in [0.29, 0.717) is 5.92 Å². The van der Waals surface area contributed by atoms with Crippen molar-refractivity contribution in [1.82, 2.24) is 5.32 Å². The average molecular weight is 251 g/mol. The summed E-state index contributed by atoms with van der Waals surface area (Å²) in [6.45, 7) is -0.176. The summed E-state index contributed by atoms with van der Waals surface area (Å²) < 4.78 is 0. The second-order valence-corrected chi connectivity index (χ2v) is 5.00. The van der Waals surface area contributed by atoms with Gasteiger partial charge in [-0.3, -0.25) is 0 Å². The summed E-state index contributed by atoms with van der Waals surface area (Å²) in [5, 5.41) is 31.1. The first-order valence-electron chi connectivity index (χ1n) is 6.45. The molecule has 18 heavy (non-hydrogen) atoms. The standard InChI is InChI=1S/C14H21NO3/c16-8-12(9-17)15-14(11-6-13(18)7-11)10-4-2-1-3-5-10/h1-5,11-18H,6-9H2/t11?,13?,14-/m0/s1. The second-order valence-electron chi connectivity index (χ2n) is 5.00. The third kappa shape index (κ3) is 3.09. The van der Waals surface area contributed by atoms with E-state index in [0.717, 1.165) is 18.4 Å². The molecule has 1 aliphatic carbocycles. The van der Waals surface area contributed by atoms with Gasteiger partial charge in [-0.1, -0.05) is 30.3 Å². The lowest BCUT2D eigenvalue weighted by Gasteiger charge is -2.39. The summed E-state index contributed by atoms with van der Waals surface area (Å²) in [6, 6.07) is 9.76. The minimum Gasteiger partial charge on any atom is -0.395 e. The first-order valence-corrected chi connectivity index (χ1v) is 6.45. The highest BCUT2D eigenvalue weighted by molar-refractivity contribution is 5.21. The van der Waals surface area contributed by atoms with Gasteiger partial charge in [0.1, 0.15) is 0 Å². The van der Waals surface area contributed by atoms with Crippen LogP contribution in [-0.2, 0) is 0 Å². The molecule has 0 unspecified atom stereocenters. The van der Waals surface area contributed by atoms with Crippen LogP contribution < -0.4 is 5.32 Å². The Morgan fingerprint density at radius 2 is 1.72 bits per heavy atom. The molecule has 0 aliphatic heterocycles. The van der Waals surface area contributed by atoms with Gasteiger partial charge in [0.2, 0.25) is 0 Å². The Morgan fingerprint density at radius 1 is 1.11 bits per heavy atom. The first kappa shape index (κ1) is 13.5. The number of hydrogen-bond acceptors (Lipinski definition) is 4. The Balaban J connectivity index is 2.08. The topological polar surface area (TPSA) is 72.7 Å². The molecule has 0 aromatic heterocycles. The monoisotopic (exact) mass is 251 g/mol. The van der Waals surface area contributed by atoms with Crippen LogP contribution in [0.3, 0.4) is 0 Å². The fourth-order valence-electron chi connectivity index (χ4n) is 2.48. The molecule has 2 rings (SSSR count). The second kappa shape index (κ2) is 6.29. The normalized spacial score (nSPS) is 24.9. The van der Waals surface area contributed by atoms with Gasteiger partial charge >= 0.3 is 0 Å². The third-order valence-electron chi connectivity index (χ3n) is 3.64. The summed E-state index contributed by atoms with van der Waals surface area (Å²) in [5.41, 5.74) is 1.14. The molecule has 0 spiro atoms. The minimum atomic E-state index is -0.312. The highest BCUT2D eigenvalue weighted by Crippen LogP contribution is 2.38. The maximum Gasteiger partial charge on any atom is 0.0607 e. The maximum absolute atomic E-state index is 9.44. The van der Waals surface area contributed by atoms with Crippen LogP contribution in [0.25, 0.3) is 0 Å². The lowest BCUT2D eigenvalue weighted by molar-refractivity contribution is 0.0177. The van der Waals surface area contributed by atoms with Crippen molar-refractivity contribution in [2.24, 2.45) is 5.92 Å². The van der Waals surface area contributed by atoms with E-state index < -0.39 is 0 Å². The van der Waals surface area contributed by atoms with E-state index in [1.807, 2.05) is 30.3 Å². The molecule has 0 saturated heterocycles. The van der Waals surface area contributed by atoms with Crippen LogP contribution in [0.2, 0.25) is 0 Å². The highest BCUT2D eigenvalue weighted by atomic mass is 16.3. The molecule has 100 valence electrons. The minimum absolute atomic E-state index is 0.0823. The Kier molecular flexibility index (Phi) is 4.72. The van der Waals surface area contributed by atoms with E-state index in [4.69, 9.17) is 0 Å². The van der Waals surface area contributed by atoms with Crippen LogP contribution in [-0.4, -0.2) is 40.7 Å². The molecule has 1 atom stereocenters. The fraction of sp³-hybridized carbons (Fsp3) is 0.571. The van der Waals surface area contributed by atoms with Gasteiger partial charge in [-0.05, 0) is 24.3 Å². The van der Waals surface area contributed by atoms with Crippen molar-refractivity contribution in [3.8, 4) is 0 Å². The van der Waals surface area contributed by atoms with Crippen LogP contribution in [0.5, 0.6) is 0 Å². The van der Waals surface area contributed by atoms with Gasteiger partial charge in [0.05, 0.1) is 25.4 Å². The molecule has 0 amide bonds. The Hall–Kier alpha value is -0.940. The number of benzene rings is 1. The van der Waals surface area contributed by atoms with Gasteiger partial charge in [0.15, 0.2) is 0 Å². The van der Waals surface area contributed by atoms with Crippen LogP contribution in [0.1, 0.15) is 24.4 Å². The molecule has 0 heterocycles. The van der Waals surface area contributed by atoms with Gasteiger partial charge in [0.25, 0.3) is 0 Å². The first-order chi connectivity index (χ1) is 8.74. The largest absolute Gasteiger partial charge is 0.395 e. The van der Waals surface area contributed by atoms with Gasteiger partial charge in [-0.25, -0.2) is 0 Å². The predicted molar refractivity (Wildman–Crippen MR) is 69.0 cm³/mol. The molecule has 1 aromatic rings. The van der Waals surface area contributed by atoms with E-state index in [2.05, 4.69) is 5.32 Å². The summed E-state index contributed by atoms with van der Waals surface area (Å²) in [6.07, 6.45) is 1.34. The fourth-order valence-corrected chi connectivity index (χ4v) is 2.48. The zero-order chi connectivity index (χ0) is 13.0. The molecule has 0 bridgehead atoms. The van der Waals surface area contributed by atoms with Crippen LogP contribution in [0.15, 0.2) is 30.3 Å². The summed E-state index contributed by atoms with van der Waals surface area (Å²) in [5.74, 6) is 0.364. The number of rotatable bonds is 6. The number of nitrogens with one attached hydrogen (secondary N) is 1. The smallest absolute Gasteiger partial charge is 0.0607 e. The molecule has 1 aliphatic rings. The lowest BCUT2D eigenvalue weighted by Crippen LogP contribution is -2.45. The van der Waals surface area contributed by atoms with Crippen molar-refractivity contribution in [3.63, 3.8) is 0 Å². The summed E-state index contributed by atoms with van der Waals surface area (Å²) in [7, 11) is 0. The zero-order valence-electron chi connectivity index (χ0n) is 10.4. The summed E-state index contributed by atoms with van der Waals surface area (Å²) in [4.78, 5) is 0. The Labute approximate surface area is 107 Å². The van der Waals surface area contributed by atoms with Crippen molar-refractivity contribution in [2.45, 2.75) is 31.0 Å². The number of hydrogen-bond donors (Lipinski definition) is 4. The summed E-state index contributed by atoms with van der Waals surface area (Å²) >= 11 is 0. The van der Waals surface area contributed by atoms with Crippen LogP contribution >= 0.6 is 0 Å². The van der Waals surface area contributed by atoms with Gasteiger partial charge in [-0.15, -0.1) is 0 Å². The molecular weight excluding hydrogens is 230 g/mol. The molecule has 1 aromatic carbocycles. The Morgan fingerprint density at radius 3 is 2.22 bits per heavy atom. The van der Waals surface area contributed by atoms with E-state index in [1.165, 1.54) is 0 Å². The van der Waals surface area contributed by atoms with Gasteiger partial charge in [0, 0.05) is 6.04 Å². The van der Waals surface area contributed by atoms with Crippen LogP contribution in [0, 0.1) is 5.92 Å². The highest BCUT2D eigenvalue weighted by Gasteiger charge is 2.35. The average Bonchev–Trinajstić information content (AvgIpc) is 2.38. The molecular formula is C14H21NO3. The van der Waals surface area contributed by atoms with Gasteiger partial charge in [-0.2, -0.15) is 0 Å². The number of aliphatic hydroxyl groups excluding tert-OH is 3. The SMILES string of the molecule is OCC(CO)N[C@@H](c1ccccc1)C1CC(O)C1. The molecule has 0 radical (unpaired) electrons. The quantitative estimate of drug-likeness (QED) is 0.592. The van der Waals surface area contributed by atoms with Crippen molar-refractivity contribution in [2.75, 3.05) is 13.2 Å². The van der Waals surface area contributed by atoms with Gasteiger partial charge < -0.3 is 20.6 Å². The van der Waals surface area contributed by atoms with Crippen LogP contribution in [0.4, 0.5) is 0 Å². The van der Waals surface area contributed by atoms with Crippen molar-refractivity contribution < 1.29 is 15.3 Å². The third-order valence-corrected chi connectivity index (χ3v) is 3.64. The molecule has 4 N–H and O–H groups in total. The van der Waals surface area contributed by atoms with Crippen molar-refractivity contribution in [3.05, 3.63) is 35.9 Å². The molecule has 4 heteroatoms. The molecule has 1 fully saturated rings. The lowest BCUT2D eigenvalue weighted by atomic mass is 9.75. The van der Waals surface area contributed by atoms with Crippen molar-refractivity contribution in [1.29, 1.82) is 0 Å². The predicted octanol–water partition coefficient (Wildman–Crippen LogP) is 0.441. The number of aliphatic hydroxyl groups is 3.